The molecule has 37 heavy (non-hydrogen) atoms. The lowest BCUT2D eigenvalue weighted by atomic mass is 9.89. The molecule has 1 aromatic carbocycles. The first-order valence-corrected chi connectivity index (χ1v) is 13.4. The zero-order valence-electron chi connectivity index (χ0n) is 22.2. The van der Waals surface area contributed by atoms with Crippen LogP contribution in [0.2, 0.25) is 0 Å². The number of nitrogens with one attached hydrogen (secondary N) is 2. The molecule has 2 aromatic rings. The average Bonchev–Trinajstić information content (AvgIpc) is 2.88. The van der Waals surface area contributed by atoms with Gasteiger partial charge in [0.15, 0.2) is 0 Å². The molecule has 2 fully saturated rings. The maximum Gasteiger partial charge on any atom is 0.331 e. The summed E-state index contributed by atoms with van der Waals surface area (Å²) in [6.07, 6.45) is 12.0. The van der Waals surface area contributed by atoms with Gasteiger partial charge in [0.2, 0.25) is 0 Å². The Morgan fingerprint density at radius 1 is 1.11 bits per heavy atom. The van der Waals surface area contributed by atoms with Crippen molar-refractivity contribution in [3.05, 3.63) is 59.8 Å². The minimum atomic E-state index is -0.507. The Bertz CT molecular complexity index is 1120. The number of carbonyl (C=O) groups excluding carboxylic acids is 1. The van der Waals surface area contributed by atoms with Gasteiger partial charge in [0, 0.05) is 49.2 Å². The number of rotatable bonds is 7. The molecule has 0 bridgehead atoms. The summed E-state index contributed by atoms with van der Waals surface area (Å²) in [6, 6.07) is 15.1. The third-order valence-corrected chi connectivity index (χ3v) is 6.93. The highest BCUT2D eigenvalue weighted by molar-refractivity contribution is 5.87. The Balaban J connectivity index is 1.36. The van der Waals surface area contributed by atoms with Gasteiger partial charge >= 0.3 is 5.97 Å². The maximum absolute atomic E-state index is 12.0. The molecule has 1 aliphatic carbocycles. The van der Waals surface area contributed by atoms with E-state index in [0.717, 1.165) is 43.7 Å². The minimum absolute atomic E-state index is 0.302. The predicted octanol–water partition coefficient (Wildman–Crippen LogP) is 5.29. The molecular formula is C30H39N5O2. The number of carbonyl (C=O) groups is 1. The van der Waals surface area contributed by atoms with Crippen LogP contribution in [0.4, 0.5) is 11.5 Å². The number of aromatic nitrogens is 1. The Morgan fingerprint density at radius 2 is 1.86 bits per heavy atom. The standard InChI is InChI=1S/C30H39N5O2/c1-30(2,3)37-29(36)15-12-22-16-17-32-28(19-22)34-27-9-5-4-8-26(27)33-24-7-6-18-35(21-24)25-13-10-23(20-31)11-14-25/h10-17,19,24,26-27,33H,4-9,18,21H2,1-3H3,(H,32,34). The molecule has 2 heterocycles. The molecule has 196 valence electrons. The first kappa shape index (κ1) is 26.7. The van der Waals surface area contributed by atoms with E-state index in [-0.39, 0.29) is 5.97 Å². The van der Waals surface area contributed by atoms with Gasteiger partial charge < -0.3 is 20.3 Å². The summed E-state index contributed by atoms with van der Waals surface area (Å²) >= 11 is 0. The van der Waals surface area contributed by atoms with Crippen LogP contribution in [0.15, 0.2) is 48.7 Å². The Labute approximate surface area is 220 Å². The lowest BCUT2D eigenvalue weighted by Crippen LogP contribution is -2.55. The first-order valence-electron chi connectivity index (χ1n) is 13.4. The smallest absolute Gasteiger partial charge is 0.331 e. The zero-order chi connectivity index (χ0) is 26.3. The molecular weight excluding hydrogens is 462 g/mol. The summed E-state index contributed by atoms with van der Waals surface area (Å²) in [5, 5.41) is 16.7. The van der Waals surface area contributed by atoms with Gasteiger partial charge in [-0.25, -0.2) is 9.78 Å². The van der Waals surface area contributed by atoms with Gasteiger partial charge in [0.25, 0.3) is 0 Å². The monoisotopic (exact) mass is 501 g/mol. The predicted molar refractivity (Wildman–Crippen MR) is 148 cm³/mol. The third kappa shape index (κ3) is 8.06. The Kier molecular flexibility index (Phi) is 8.83. The van der Waals surface area contributed by atoms with E-state index in [1.165, 1.54) is 31.0 Å². The molecule has 3 unspecified atom stereocenters. The second kappa shape index (κ2) is 12.2. The SMILES string of the molecule is CC(C)(C)OC(=O)C=Cc1ccnc(NC2CCCCC2NC2CCCN(c3ccc(C#N)cc3)C2)c1. The molecule has 7 heteroatoms. The van der Waals surface area contributed by atoms with E-state index in [4.69, 9.17) is 10.00 Å². The number of hydrogen-bond donors (Lipinski definition) is 2. The molecule has 0 radical (unpaired) electrons. The molecule has 3 atom stereocenters. The largest absolute Gasteiger partial charge is 0.457 e. The van der Waals surface area contributed by atoms with Gasteiger partial charge in [-0.1, -0.05) is 12.8 Å². The number of pyridine rings is 1. The van der Waals surface area contributed by atoms with Crippen molar-refractivity contribution in [2.45, 2.75) is 83.0 Å². The number of nitrogens with zero attached hydrogens (tertiary/aromatic N) is 3. The first-order chi connectivity index (χ1) is 17.8. The average molecular weight is 502 g/mol. The van der Waals surface area contributed by atoms with E-state index in [9.17, 15) is 4.79 Å². The molecule has 0 spiro atoms. The summed E-state index contributed by atoms with van der Waals surface area (Å²) in [4.78, 5) is 19.0. The highest BCUT2D eigenvalue weighted by Gasteiger charge is 2.29. The molecule has 4 rings (SSSR count). The summed E-state index contributed by atoms with van der Waals surface area (Å²) in [6.45, 7) is 7.60. The van der Waals surface area contributed by atoms with Gasteiger partial charge in [0.05, 0.1) is 11.6 Å². The highest BCUT2D eigenvalue weighted by Crippen LogP contribution is 2.25. The Morgan fingerprint density at radius 3 is 2.59 bits per heavy atom. The van der Waals surface area contributed by atoms with Crippen molar-refractivity contribution in [2.24, 2.45) is 0 Å². The van der Waals surface area contributed by atoms with Crippen LogP contribution >= 0.6 is 0 Å². The van der Waals surface area contributed by atoms with Crippen molar-refractivity contribution < 1.29 is 9.53 Å². The number of esters is 1. The highest BCUT2D eigenvalue weighted by atomic mass is 16.6. The molecule has 0 amide bonds. The fourth-order valence-corrected chi connectivity index (χ4v) is 5.22. The molecule has 1 saturated carbocycles. The van der Waals surface area contributed by atoms with Gasteiger partial charge in [-0.2, -0.15) is 5.26 Å². The quantitative estimate of drug-likeness (QED) is 0.393. The van der Waals surface area contributed by atoms with Crippen molar-refractivity contribution in [3.8, 4) is 6.07 Å². The fourth-order valence-electron chi connectivity index (χ4n) is 5.22. The lowest BCUT2D eigenvalue weighted by Gasteiger charge is -2.40. The number of nitriles is 1. The van der Waals surface area contributed by atoms with Crippen LogP contribution in [0.3, 0.4) is 0 Å². The summed E-state index contributed by atoms with van der Waals surface area (Å²) in [5.41, 5.74) is 2.29. The minimum Gasteiger partial charge on any atom is -0.457 e. The number of hydrogen-bond acceptors (Lipinski definition) is 7. The number of benzene rings is 1. The van der Waals surface area contributed by atoms with E-state index in [2.05, 4.69) is 38.7 Å². The number of piperidine rings is 1. The van der Waals surface area contributed by atoms with Crippen molar-refractivity contribution in [3.63, 3.8) is 0 Å². The van der Waals surface area contributed by atoms with Crippen molar-refractivity contribution in [1.82, 2.24) is 10.3 Å². The van der Waals surface area contributed by atoms with E-state index in [1.54, 1.807) is 12.3 Å². The van der Waals surface area contributed by atoms with E-state index >= 15 is 0 Å². The molecule has 1 aliphatic heterocycles. The molecule has 1 saturated heterocycles. The maximum atomic E-state index is 12.0. The second-order valence-electron chi connectivity index (χ2n) is 11.1. The van der Waals surface area contributed by atoms with Crippen molar-refractivity contribution >= 4 is 23.6 Å². The van der Waals surface area contributed by atoms with Crippen LogP contribution in [-0.4, -0.2) is 47.8 Å². The molecule has 2 N–H and O–H groups in total. The van der Waals surface area contributed by atoms with Crippen LogP contribution in [-0.2, 0) is 9.53 Å². The van der Waals surface area contributed by atoms with Gasteiger partial charge in [-0.3, -0.25) is 0 Å². The van der Waals surface area contributed by atoms with E-state index in [0.29, 0.717) is 23.7 Å². The topological polar surface area (TPSA) is 90.3 Å². The Hall–Kier alpha value is -3.37. The summed E-state index contributed by atoms with van der Waals surface area (Å²) in [7, 11) is 0. The normalized spacial score (nSPS) is 22.4. The van der Waals surface area contributed by atoms with Gasteiger partial charge in [0.1, 0.15) is 11.4 Å². The van der Waals surface area contributed by atoms with Gasteiger partial charge in [-0.15, -0.1) is 0 Å². The van der Waals surface area contributed by atoms with Gasteiger partial charge in [-0.05, 0) is 94.5 Å². The van der Waals surface area contributed by atoms with Crippen LogP contribution in [0.25, 0.3) is 6.08 Å². The molecule has 1 aromatic heterocycles. The third-order valence-electron chi connectivity index (χ3n) is 6.93. The molecule has 2 aliphatic rings. The second-order valence-corrected chi connectivity index (χ2v) is 11.1. The van der Waals surface area contributed by atoms with Crippen LogP contribution in [0.1, 0.15) is 70.4 Å². The fraction of sp³-hybridized carbons (Fsp3) is 0.500. The van der Waals surface area contributed by atoms with Crippen LogP contribution in [0, 0.1) is 11.3 Å². The molecule has 7 nitrogen and oxygen atoms in total. The van der Waals surface area contributed by atoms with Crippen molar-refractivity contribution in [1.29, 1.82) is 5.26 Å². The number of ether oxygens (including phenoxy) is 1. The van der Waals surface area contributed by atoms with Crippen molar-refractivity contribution in [2.75, 3.05) is 23.3 Å². The van der Waals surface area contributed by atoms with Crippen LogP contribution < -0.4 is 15.5 Å². The van der Waals surface area contributed by atoms with Crippen LogP contribution in [0.5, 0.6) is 0 Å². The summed E-state index contributed by atoms with van der Waals surface area (Å²) in [5.74, 6) is 0.478. The van der Waals surface area contributed by atoms with E-state index in [1.807, 2.05) is 45.0 Å². The van der Waals surface area contributed by atoms with E-state index < -0.39 is 5.60 Å². The number of anilines is 2. The zero-order valence-corrected chi connectivity index (χ0v) is 22.2. The lowest BCUT2D eigenvalue weighted by molar-refractivity contribution is -0.148. The summed E-state index contributed by atoms with van der Waals surface area (Å²) < 4.78 is 5.36.